The molecule has 1 aromatic rings. The molecule has 0 heterocycles. The molecule has 0 aliphatic heterocycles. The van der Waals surface area contributed by atoms with E-state index in [1.807, 2.05) is 37.3 Å². The summed E-state index contributed by atoms with van der Waals surface area (Å²) >= 11 is 0. The molecule has 0 spiro atoms. The highest BCUT2D eigenvalue weighted by Gasteiger charge is 2.21. The van der Waals surface area contributed by atoms with Gasteiger partial charge in [-0.05, 0) is 31.2 Å². The molecule has 1 fully saturated rings. The summed E-state index contributed by atoms with van der Waals surface area (Å²) in [6, 6.07) is 9.97. The topological polar surface area (TPSA) is 41.1 Å². The zero-order valence-corrected chi connectivity index (χ0v) is 9.57. The van der Waals surface area contributed by atoms with Gasteiger partial charge in [0.2, 0.25) is 0 Å². The molecule has 0 radical (unpaired) electrons. The van der Waals surface area contributed by atoms with E-state index in [1.165, 1.54) is 12.8 Å². The first-order valence-electron chi connectivity index (χ1n) is 5.85. The van der Waals surface area contributed by atoms with E-state index in [4.69, 9.17) is 0 Å². The number of benzene rings is 1. The average Bonchev–Trinajstić information content (AvgIpc) is 3.11. The van der Waals surface area contributed by atoms with Crippen LogP contribution in [0.3, 0.4) is 0 Å². The van der Waals surface area contributed by atoms with E-state index < -0.39 is 0 Å². The maximum absolute atomic E-state index is 11.5. The number of hydrogen-bond acceptors (Lipinski definition) is 1. The van der Waals surface area contributed by atoms with Crippen LogP contribution in [0.5, 0.6) is 0 Å². The van der Waals surface area contributed by atoms with Crippen LogP contribution in [0.25, 0.3) is 0 Å². The lowest BCUT2D eigenvalue weighted by Gasteiger charge is -2.14. The van der Waals surface area contributed by atoms with Gasteiger partial charge in [0.1, 0.15) is 0 Å². The van der Waals surface area contributed by atoms with E-state index in [0.717, 1.165) is 18.0 Å². The van der Waals surface area contributed by atoms with E-state index in [-0.39, 0.29) is 12.1 Å². The van der Waals surface area contributed by atoms with Crippen LogP contribution >= 0.6 is 0 Å². The Morgan fingerprint density at radius 2 is 2.06 bits per heavy atom. The van der Waals surface area contributed by atoms with E-state index in [0.29, 0.717) is 0 Å². The Bertz CT molecular complexity index is 346. The van der Waals surface area contributed by atoms with Gasteiger partial charge in [0.25, 0.3) is 0 Å². The first-order valence-corrected chi connectivity index (χ1v) is 5.85. The summed E-state index contributed by atoms with van der Waals surface area (Å²) in [7, 11) is 0. The minimum Gasteiger partial charge on any atom is -0.338 e. The predicted molar refractivity (Wildman–Crippen MR) is 64.1 cm³/mol. The summed E-state index contributed by atoms with van der Waals surface area (Å²) in [6.45, 7) is 2.80. The molecule has 2 amide bonds. The second-order valence-corrected chi connectivity index (χ2v) is 4.43. The van der Waals surface area contributed by atoms with Gasteiger partial charge in [0, 0.05) is 6.54 Å². The van der Waals surface area contributed by atoms with Gasteiger partial charge >= 0.3 is 6.03 Å². The van der Waals surface area contributed by atoms with Gasteiger partial charge in [-0.1, -0.05) is 30.3 Å². The Morgan fingerprint density at radius 1 is 1.38 bits per heavy atom. The molecule has 1 aromatic carbocycles. The number of amides is 2. The Balaban J connectivity index is 1.77. The number of urea groups is 1. The normalized spacial score (nSPS) is 16.6. The van der Waals surface area contributed by atoms with Crippen LogP contribution in [0.15, 0.2) is 30.3 Å². The predicted octanol–water partition coefficient (Wildman–Crippen LogP) is 2.46. The summed E-state index contributed by atoms with van der Waals surface area (Å²) in [5, 5.41) is 5.82. The fraction of sp³-hybridized carbons (Fsp3) is 0.462. The molecule has 86 valence electrons. The molecular weight excluding hydrogens is 200 g/mol. The molecule has 1 saturated carbocycles. The van der Waals surface area contributed by atoms with Crippen molar-refractivity contribution >= 4 is 6.03 Å². The van der Waals surface area contributed by atoms with Crippen molar-refractivity contribution in [3.05, 3.63) is 35.9 Å². The first-order chi connectivity index (χ1) is 7.75. The molecule has 2 N–H and O–H groups in total. The largest absolute Gasteiger partial charge is 0.338 e. The van der Waals surface area contributed by atoms with Crippen molar-refractivity contribution < 1.29 is 4.79 Å². The molecular formula is C13H18N2O. The highest BCUT2D eigenvalue weighted by molar-refractivity contribution is 5.74. The summed E-state index contributed by atoms with van der Waals surface area (Å²) in [6.07, 6.45) is 2.52. The Morgan fingerprint density at radius 3 is 2.69 bits per heavy atom. The van der Waals surface area contributed by atoms with Gasteiger partial charge in [-0.2, -0.15) is 0 Å². The molecule has 0 aromatic heterocycles. The van der Waals surface area contributed by atoms with Crippen molar-refractivity contribution in [2.24, 2.45) is 5.92 Å². The van der Waals surface area contributed by atoms with Crippen molar-refractivity contribution in [2.45, 2.75) is 25.8 Å². The second kappa shape index (κ2) is 5.01. The maximum Gasteiger partial charge on any atom is 0.315 e. The fourth-order valence-corrected chi connectivity index (χ4v) is 1.63. The van der Waals surface area contributed by atoms with Gasteiger partial charge in [0.15, 0.2) is 0 Å². The lowest BCUT2D eigenvalue weighted by atomic mass is 10.1. The molecule has 0 unspecified atom stereocenters. The van der Waals surface area contributed by atoms with Crippen molar-refractivity contribution in [1.29, 1.82) is 0 Å². The minimum absolute atomic E-state index is 0.0559. The van der Waals surface area contributed by atoms with Crippen molar-refractivity contribution in [2.75, 3.05) is 6.54 Å². The number of carbonyl (C=O) groups is 1. The lowest BCUT2D eigenvalue weighted by molar-refractivity contribution is 0.237. The Kier molecular flexibility index (Phi) is 3.44. The quantitative estimate of drug-likeness (QED) is 0.800. The van der Waals surface area contributed by atoms with Gasteiger partial charge in [-0.25, -0.2) is 4.79 Å². The van der Waals surface area contributed by atoms with Crippen LogP contribution < -0.4 is 10.6 Å². The van der Waals surface area contributed by atoms with Gasteiger partial charge in [-0.3, -0.25) is 0 Å². The second-order valence-electron chi connectivity index (χ2n) is 4.43. The summed E-state index contributed by atoms with van der Waals surface area (Å²) in [5.41, 5.74) is 1.13. The molecule has 3 heteroatoms. The van der Waals surface area contributed by atoms with Crippen LogP contribution in [0.4, 0.5) is 4.79 Å². The monoisotopic (exact) mass is 218 g/mol. The van der Waals surface area contributed by atoms with E-state index in [9.17, 15) is 4.79 Å². The third-order valence-electron chi connectivity index (χ3n) is 2.90. The molecule has 16 heavy (non-hydrogen) atoms. The lowest BCUT2D eigenvalue weighted by Crippen LogP contribution is -2.38. The van der Waals surface area contributed by atoms with Crippen LogP contribution in [0.1, 0.15) is 31.4 Å². The maximum atomic E-state index is 11.5. The van der Waals surface area contributed by atoms with Crippen LogP contribution in [0, 0.1) is 5.92 Å². The Hall–Kier alpha value is -1.51. The van der Waals surface area contributed by atoms with Crippen LogP contribution in [-0.4, -0.2) is 12.6 Å². The van der Waals surface area contributed by atoms with E-state index in [2.05, 4.69) is 10.6 Å². The van der Waals surface area contributed by atoms with E-state index >= 15 is 0 Å². The molecule has 0 bridgehead atoms. The summed E-state index contributed by atoms with van der Waals surface area (Å²) in [4.78, 5) is 11.5. The number of nitrogens with one attached hydrogen (secondary N) is 2. The van der Waals surface area contributed by atoms with Crippen molar-refractivity contribution in [3.63, 3.8) is 0 Å². The number of hydrogen-bond donors (Lipinski definition) is 2. The SMILES string of the molecule is C[C@H](NC(=O)NCC1CC1)c1ccccc1. The first kappa shape index (κ1) is 11.0. The molecule has 3 nitrogen and oxygen atoms in total. The van der Waals surface area contributed by atoms with Crippen molar-refractivity contribution in [3.8, 4) is 0 Å². The highest BCUT2D eigenvalue weighted by atomic mass is 16.2. The zero-order chi connectivity index (χ0) is 11.4. The molecule has 1 aliphatic rings. The number of rotatable bonds is 4. The fourth-order valence-electron chi connectivity index (χ4n) is 1.63. The van der Waals surface area contributed by atoms with Crippen molar-refractivity contribution in [1.82, 2.24) is 10.6 Å². The molecule has 0 saturated heterocycles. The number of carbonyl (C=O) groups excluding carboxylic acids is 1. The third-order valence-corrected chi connectivity index (χ3v) is 2.90. The molecule has 1 atom stereocenters. The Labute approximate surface area is 96.2 Å². The molecule has 2 rings (SSSR count). The van der Waals surface area contributed by atoms with Gasteiger partial charge in [-0.15, -0.1) is 0 Å². The van der Waals surface area contributed by atoms with E-state index in [1.54, 1.807) is 0 Å². The van der Waals surface area contributed by atoms with Gasteiger partial charge in [0.05, 0.1) is 6.04 Å². The highest BCUT2D eigenvalue weighted by Crippen LogP contribution is 2.27. The average molecular weight is 218 g/mol. The van der Waals surface area contributed by atoms with Gasteiger partial charge < -0.3 is 10.6 Å². The summed E-state index contributed by atoms with van der Waals surface area (Å²) < 4.78 is 0. The standard InChI is InChI=1S/C13H18N2O/c1-10(12-5-3-2-4-6-12)15-13(16)14-9-11-7-8-11/h2-6,10-11H,7-9H2,1H3,(H2,14,15,16)/t10-/m0/s1. The summed E-state index contributed by atoms with van der Waals surface area (Å²) in [5.74, 6) is 0.720. The third kappa shape index (κ3) is 3.26. The molecule has 1 aliphatic carbocycles. The zero-order valence-electron chi connectivity index (χ0n) is 9.57. The van der Waals surface area contributed by atoms with Crippen LogP contribution in [0.2, 0.25) is 0 Å². The minimum atomic E-state index is -0.0664. The van der Waals surface area contributed by atoms with Crippen LogP contribution in [-0.2, 0) is 0 Å². The smallest absolute Gasteiger partial charge is 0.315 e.